The van der Waals surface area contributed by atoms with Crippen molar-refractivity contribution >= 4 is 6.08 Å². The standard InChI is InChI=1S/C13H14O2/c1-13(2)4-3-9-5-10-7-14-8-11(10)6-12(9)15-13/h3-6H,7-8H2,1-2H3. The van der Waals surface area contributed by atoms with Crippen LogP contribution in [0.3, 0.4) is 0 Å². The molecule has 0 radical (unpaired) electrons. The van der Waals surface area contributed by atoms with E-state index in [2.05, 4.69) is 38.1 Å². The Morgan fingerprint density at radius 2 is 1.87 bits per heavy atom. The highest BCUT2D eigenvalue weighted by molar-refractivity contribution is 5.63. The SMILES string of the molecule is CC1(C)C=Cc2cc3c(cc2O1)COC3. The molecule has 2 heteroatoms. The monoisotopic (exact) mass is 202 g/mol. The number of ether oxygens (including phenoxy) is 2. The van der Waals surface area contributed by atoms with Gasteiger partial charge in [-0.25, -0.2) is 0 Å². The molecular weight excluding hydrogens is 188 g/mol. The van der Waals surface area contributed by atoms with Gasteiger partial charge in [0.25, 0.3) is 0 Å². The molecule has 2 aliphatic rings. The van der Waals surface area contributed by atoms with E-state index in [0.29, 0.717) is 0 Å². The molecule has 15 heavy (non-hydrogen) atoms. The Morgan fingerprint density at radius 1 is 1.13 bits per heavy atom. The minimum atomic E-state index is -0.194. The number of hydrogen-bond donors (Lipinski definition) is 0. The summed E-state index contributed by atoms with van der Waals surface area (Å²) < 4.78 is 11.3. The molecule has 0 bridgehead atoms. The molecule has 2 heterocycles. The van der Waals surface area contributed by atoms with Crippen molar-refractivity contribution in [1.29, 1.82) is 0 Å². The Balaban J connectivity index is 2.11. The van der Waals surface area contributed by atoms with E-state index in [1.54, 1.807) is 0 Å². The first-order valence-electron chi connectivity index (χ1n) is 5.26. The first-order chi connectivity index (χ1) is 7.14. The molecule has 0 saturated carbocycles. The summed E-state index contributed by atoms with van der Waals surface area (Å²) >= 11 is 0. The topological polar surface area (TPSA) is 18.5 Å². The van der Waals surface area contributed by atoms with Crippen LogP contribution in [0.4, 0.5) is 0 Å². The van der Waals surface area contributed by atoms with Crippen molar-refractivity contribution in [2.75, 3.05) is 0 Å². The summed E-state index contributed by atoms with van der Waals surface area (Å²) in [6, 6.07) is 4.28. The van der Waals surface area contributed by atoms with Gasteiger partial charge in [-0.15, -0.1) is 0 Å². The van der Waals surface area contributed by atoms with Gasteiger partial charge in [0, 0.05) is 5.56 Å². The molecular formula is C13H14O2. The first kappa shape index (κ1) is 8.98. The molecule has 78 valence electrons. The molecule has 0 unspecified atom stereocenters. The van der Waals surface area contributed by atoms with Gasteiger partial charge in [0.1, 0.15) is 11.4 Å². The summed E-state index contributed by atoms with van der Waals surface area (Å²) in [6.45, 7) is 5.59. The highest BCUT2D eigenvalue weighted by atomic mass is 16.5. The average molecular weight is 202 g/mol. The number of benzene rings is 1. The van der Waals surface area contributed by atoms with Crippen LogP contribution in [0.2, 0.25) is 0 Å². The highest BCUT2D eigenvalue weighted by Crippen LogP contribution is 2.35. The summed E-state index contributed by atoms with van der Waals surface area (Å²) in [5.74, 6) is 0.978. The van der Waals surface area contributed by atoms with Gasteiger partial charge < -0.3 is 9.47 Å². The zero-order chi connectivity index (χ0) is 10.5. The van der Waals surface area contributed by atoms with Crippen molar-refractivity contribution < 1.29 is 9.47 Å². The quantitative estimate of drug-likeness (QED) is 0.644. The van der Waals surface area contributed by atoms with Gasteiger partial charge >= 0.3 is 0 Å². The summed E-state index contributed by atoms with van der Waals surface area (Å²) in [7, 11) is 0. The van der Waals surface area contributed by atoms with Crippen LogP contribution < -0.4 is 4.74 Å². The van der Waals surface area contributed by atoms with Crippen molar-refractivity contribution in [3.63, 3.8) is 0 Å². The van der Waals surface area contributed by atoms with Crippen molar-refractivity contribution in [1.82, 2.24) is 0 Å². The predicted octanol–water partition coefficient (Wildman–Crippen LogP) is 2.90. The molecule has 0 aliphatic carbocycles. The molecule has 0 amide bonds. The minimum absolute atomic E-state index is 0.194. The fourth-order valence-corrected chi connectivity index (χ4v) is 2.05. The van der Waals surface area contributed by atoms with Gasteiger partial charge in [-0.3, -0.25) is 0 Å². The second-order valence-corrected chi connectivity index (χ2v) is 4.69. The van der Waals surface area contributed by atoms with Gasteiger partial charge in [-0.05, 0) is 43.2 Å². The number of fused-ring (bicyclic) bond motifs is 2. The molecule has 2 aliphatic heterocycles. The average Bonchev–Trinajstić information content (AvgIpc) is 2.60. The maximum absolute atomic E-state index is 5.90. The molecule has 0 saturated heterocycles. The molecule has 3 rings (SSSR count). The first-order valence-corrected chi connectivity index (χ1v) is 5.26. The van der Waals surface area contributed by atoms with E-state index in [-0.39, 0.29) is 5.60 Å². The van der Waals surface area contributed by atoms with Crippen LogP contribution in [0.25, 0.3) is 6.08 Å². The lowest BCUT2D eigenvalue weighted by Crippen LogP contribution is -2.27. The summed E-state index contributed by atoms with van der Waals surface area (Å²) in [5, 5.41) is 0. The molecule has 0 N–H and O–H groups in total. The fourth-order valence-electron chi connectivity index (χ4n) is 2.05. The smallest absolute Gasteiger partial charge is 0.128 e. The molecule has 2 nitrogen and oxygen atoms in total. The third-order valence-corrected chi connectivity index (χ3v) is 2.88. The Morgan fingerprint density at radius 3 is 2.67 bits per heavy atom. The van der Waals surface area contributed by atoms with Crippen LogP contribution in [0, 0.1) is 0 Å². The minimum Gasteiger partial charge on any atom is -0.483 e. The van der Waals surface area contributed by atoms with E-state index in [9.17, 15) is 0 Å². The van der Waals surface area contributed by atoms with Crippen molar-refractivity contribution in [2.24, 2.45) is 0 Å². The van der Waals surface area contributed by atoms with Crippen LogP contribution in [-0.4, -0.2) is 5.60 Å². The predicted molar refractivity (Wildman–Crippen MR) is 58.7 cm³/mol. The largest absolute Gasteiger partial charge is 0.483 e. The summed E-state index contributed by atoms with van der Waals surface area (Å²) in [6.07, 6.45) is 4.23. The molecule has 1 aromatic carbocycles. The highest BCUT2D eigenvalue weighted by Gasteiger charge is 2.23. The van der Waals surface area contributed by atoms with E-state index in [0.717, 1.165) is 19.0 Å². The van der Waals surface area contributed by atoms with Crippen LogP contribution in [0.1, 0.15) is 30.5 Å². The van der Waals surface area contributed by atoms with Crippen LogP contribution in [0.15, 0.2) is 18.2 Å². The number of rotatable bonds is 0. The van der Waals surface area contributed by atoms with Gasteiger partial charge in [-0.2, -0.15) is 0 Å². The lowest BCUT2D eigenvalue weighted by atomic mass is 9.99. The van der Waals surface area contributed by atoms with Crippen LogP contribution in [-0.2, 0) is 18.0 Å². The van der Waals surface area contributed by atoms with Crippen molar-refractivity contribution in [3.05, 3.63) is 34.9 Å². The summed E-state index contributed by atoms with van der Waals surface area (Å²) in [5.41, 5.74) is 3.53. The van der Waals surface area contributed by atoms with Gasteiger partial charge in [0.15, 0.2) is 0 Å². The zero-order valence-electron chi connectivity index (χ0n) is 9.04. The fraction of sp³-hybridized carbons (Fsp3) is 0.385. The Kier molecular flexibility index (Phi) is 1.71. The van der Waals surface area contributed by atoms with Crippen LogP contribution >= 0.6 is 0 Å². The second-order valence-electron chi connectivity index (χ2n) is 4.69. The van der Waals surface area contributed by atoms with E-state index < -0.39 is 0 Å². The molecule has 0 fully saturated rings. The summed E-state index contributed by atoms with van der Waals surface area (Å²) in [4.78, 5) is 0. The van der Waals surface area contributed by atoms with E-state index in [4.69, 9.17) is 9.47 Å². The van der Waals surface area contributed by atoms with Crippen molar-refractivity contribution in [3.8, 4) is 5.75 Å². The van der Waals surface area contributed by atoms with E-state index >= 15 is 0 Å². The molecule has 0 aromatic heterocycles. The molecule has 0 spiro atoms. The molecule has 0 atom stereocenters. The number of hydrogen-bond acceptors (Lipinski definition) is 2. The van der Waals surface area contributed by atoms with E-state index in [1.165, 1.54) is 16.7 Å². The maximum Gasteiger partial charge on any atom is 0.128 e. The van der Waals surface area contributed by atoms with E-state index in [1.807, 2.05) is 0 Å². The normalized spacial score (nSPS) is 20.7. The second kappa shape index (κ2) is 2.86. The Labute approximate surface area is 89.5 Å². The van der Waals surface area contributed by atoms with Crippen molar-refractivity contribution in [2.45, 2.75) is 32.7 Å². The van der Waals surface area contributed by atoms with Gasteiger partial charge in [0.05, 0.1) is 13.2 Å². The maximum atomic E-state index is 5.90. The Bertz CT molecular complexity index is 444. The molecule has 1 aromatic rings. The van der Waals surface area contributed by atoms with Gasteiger partial charge in [0.2, 0.25) is 0 Å². The lowest BCUT2D eigenvalue weighted by Gasteiger charge is -2.28. The van der Waals surface area contributed by atoms with Gasteiger partial charge in [-0.1, -0.05) is 6.08 Å². The third kappa shape index (κ3) is 1.45. The Hall–Kier alpha value is -1.28. The zero-order valence-corrected chi connectivity index (χ0v) is 9.04. The third-order valence-electron chi connectivity index (χ3n) is 2.88. The lowest BCUT2D eigenvalue weighted by molar-refractivity contribution is 0.134. The van der Waals surface area contributed by atoms with Crippen LogP contribution in [0.5, 0.6) is 5.75 Å².